The van der Waals surface area contributed by atoms with E-state index in [0.717, 1.165) is 49.6 Å². The smallest absolute Gasteiger partial charge is 0.349 e. The SMILES string of the molecule is CN1CCN(c2ccc(Nc3ncc4cnc(=O)n(C5CC6CCC5C6)c4n3)cc2)CC1. The lowest BCUT2D eigenvalue weighted by Crippen LogP contribution is -2.44. The molecule has 3 atom stereocenters. The second-order valence-electron chi connectivity index (χ2n) is 9.59. The highest BCUT2D eigenvalue weighted by Crippen LogP contribution is 2.50. The highest BCUT2D eigenvalue weighted by molar-refractivity contribution is 5.75. The average Bonchev–Trinajstić information content (AvgIpc) is 3.44. The number of benzene rings is 1. The summed E-state index contributed by atoms with van der Waals surface area (Å²) in [5.41, 5.74) is 2.66. The number of anilines is 3. The Morgan fingerprint density at radius 3 is 2.47 bits per heavy atom. The quantitative estimate of drug-likeness (QED) is 0.680. The van der Waals surface area contributed by atoms with Crippen molar-refractivity contribution in [1.29, 1.82) is 0 Å². The number of rotatable bonds is 4. The first kappa shape index (κ1) is 19.7. The van der Waals surface area contributed by atoms with Gasteiger partial charge in [-0.05, 0) is 62.4 Å². The van der Waals surface area contributed by atoms with Crippen LogP contribution in [0, 0.1) is 11.8 Å². The van der Waals surface area contributed by atoms with E-state index in [0.29, 0.717) is 17.5 Å². The zero-order valence-electron chi connectivity index (χ0n) is 18.4. The Labute approximate surface area is 187 Å². The molecule has 2 aromatic heterocycles. The van der Waals surface area contributed by atoms with Crippen LogP contribution in [0.4, 0.5) is 17.3 Å². The van der Waals surface area contributed by atoms with Crippen molar-refractivity contribution in [2.45, 2.75) is 31.7 Å². The molecule has 2 bridgehead atoms. The predicted molar refractivity (Wildman–Crippen MR) is 126 cm³/mol. The number of fused-ring (bicyclic) bond motifs is 3. The number of likely N-dealkylation sites (N-methyl/N-ethyl adjacent to an activating group) is 1. The van der Waals surface area contributed by atoms with Crippen LogP contribution in [0.25, 0.3) is 11.0 Å². The van der Waals surface area contributed by atoms with Crippen LogP contribution in [0.1, 0.15) is 31.7 Å². The topological polar surface area (TPSA) is 79.2 Å². The summed E-state index contributed by atoms with van der Waals surface area (Å²) in [6, 6.07) is 8.63. The van der Waals surface area contributed by atoms with E-state index in [1.54, 1.807) is 12.4 Å². The van der Waals surface area contributed by atoms with Gasteiger partial charge in [-0.3, -0.25) is 4.57 Å². The minimum atomic E-state index is -0.198. The molecule has 6 rings (SSSR count). The fourth-order valence-electron chi connectivity index (χ4n) is 5.78. The number of nitrogens with zero attached hydrogens (tertiary/aromatic N) is 6. The lowest BCUT2D eigenvalue weighted by molar-refractivity contribution is 0.313. The van der Waals surface area contributed by atoms with E-state index < -0.39 is 0 Å². The number of hydrogen-bond acceptors (Lipinski definition) is 7. The molecule has 8 heteroatoms. The normalized spacial score (nSPS) is 25.5. The number of hydrogen-bond donors (Lipinski definition) is 1. The van der Waals surface area contributed by atoms with Gasteiger partial charge in [-0.25, -0.2) is 14.8 Å². The maximum atomic E-state index is 12.7. The van der Waals surface area contributed by atoms with Gasteiger partial charge in [0.2, 0.25) is 5.95 Å². The van der Waals surface area contributed by atoms with Crippen molar-refractivity contribution in [3.63, 3.8) is 0 Å². The Kier molecular flexibility index (Phi) is 4.82. The lowest BCUT2D eigenvalue weighted by atomic mass is 9.95. The monoisotopic (exact) mass is 431 g/mol. The van der Waals surface area contributed by atoms with Gasteiger partial charge in [-0.1, -0.05) is 6.42 Å². The Hall–Kier alpha value is -3.00. The maximum absolute atomic E-state index is 12.7. The molecule has 0 spiro atoms. The second kappa shape index (κ2) is 7.85. The van der Waals surface area contributed by atoms with Gasteiger partial charge in [-0.15, -0.1) is 0 Å². The van der Waals surface area contributed by atoms with Gasteiger partial charge in [0.05, 0.1) is 5.39 Å². The van der Waals surface area contributed by atoms with E-state index in [9.17, 15) is 4.79 Å². The van der Waals surface area contributed by atoms with E-state index in [-0.39, 0.29) is 11.7 Å². The third-order valence-electron chi connectivity index (χ3n) is 7.57. The first-order valence-corrected chi connectivity index (χ1v) is 11.7. The van der Waals surface area contributed by atoms with E-state index in [2.05, 4.69) is 56.4 Å². The van der Waals surface area contributed by atoms with Crippen molar-refractivity contribution in [2.75, 3.05) is 43.4 Å². The first-order valence-electron chi connectivity index (χ1n) is 11.7. The third-order valence-corrected chi connectivity index (χ3v) is 7.57. The number of aromatic nitrogens is 4. The third kappa shape index (κ3) is 3.52. The van der Waals surface area contributed by atoms with Crippen molar-refractivity contribution in [3.8, 4) is 0 Å². The molecule has 2 saturated carbocycles. The van der Waals surface area contributed by atoms with Crippen molar-refractivity contribution in [2.24, 2.45) is 11.8 Å². The summed E-state index contributed by atoms with van der Waals surface area (Å²) < 4.78 is 1.84. The standard InChI is InChI=1S/C24H29N7O/c1-29-8-10-30(11-9-29)20-6-4-19(5-7-20)27-23-25-14-18-15-26-24(32)31(22(18)28-23)21-13-16-2-3-17(21)12-16/h4-7,14-17,21H,2-3,8-13H2,1H3,(H,25,27,28). The Morgan fingerprint density at radius 1 is 0.969 bits per heavy atom. The number of nitrogens with one attached hydrogen (secondary N) is 1. The molecule has 166 valence electrons. The van der Waals surface area contributed by atoms with Gasteiger partial charge in [0.25, 0.3) is 0 Å². The first-order chi connectivity index (χ1) is 15.6. The van der Waals surface area contributed by atoms with Gasteiger partial charge in [0.15, 0.2) is 5.65 Å². The van der Waals surface area contributed by atoms with Gasteiger partial charge in [0, 0.05) is 56.0 Å². The Balaban J connectivity index is 1.26. The van der Waals surface area contributed by atoms with Crippen LogP contribution >= 0.6 is 0 Å². The summed E-state index contributed by atoms with van der Waals surface area (Å²) in [4.78, 5) is 30.9. The van der Waals surface area contributed by atoms with Crippen molar-refractivity contribution in [3.05, 3.63) is 47.1 Å². The van der Waals surface area contributed by atoms with Gasteiger partial charge < -0.3 is 15.1 Å². The highest BCUT2D eigenvalue weighted by Gasteiger charge is 2.41. The van der Waals surface area contributed by atoms with Crippen molar-refractivity contribution in [1.82, 2.24) is 24.4 Å². The molecule has 3 heterocycles. The van der Waals surface area contributed by atoms with Crippen LogP contribution < -0.4 is 15.9 Å². The molecule has 1 N–H and O–H groups in total. The van der Waals surface area contributed by atoms with E-state index in [1.165, 1.54) is 24.9 Å². The molecule has 8 nitrogen and oxygen atoms in total. The molecule has 1 saturated heterocycles. The molecule has 3 unspecified atom stereocenters. The van der Waals surface area contributed by atoms with Crippen LogP contribution in [0.2, 0.25) is 0 Å². The van der Waals surface area contributed by atoms with E-state index in [4.69, 9.17) is 4.98 Å². The second-order valence-corrected chi connectivity index (χ2v) is 9.59. The number of piperazine rings is 1. The summed E-state index contributed by atoms with van der Waals surface area (Å²) in [7, 11) is 2.17. The van der Waals surface area contributed by atoms with Crippen LogP contribution in [0.5, 0.6) is 0 Å². The summed E-state index contributed by atoms with van der Waals surface area (Å²) >= 11 is 0. The highest BCUT2D eigenvalue weighted by atomic mass is 16.1. The zero-order valence-corrected chi connectivity index (χ0v) is 18.4. The fraction of sp³-hybridized carbons (Fsp3) is 0.500. The largest absolute Gasteiger partial charge is 0.369 e. The van der Waals surface area contributed by atoms with Crippen LogP contribution in [-0.4, -0.2) is 57.6 Å². The Bertz CT molecular complexity index is 1180. The van der Waals surface area contributed by atoms with E-state index in [1.807, 2.05) is 4.57 Å². The molecule has 0 radical (unpaired) electrons. The average molecular weight is 432 g/mol. The molecular weight excluding hydrogens is 402 g/mol. The van der Waals surface area contributed by atoms with Gasteiger partial charge in [0.1, 0.15) is 0 Å². The van der Waals surface area contributed by atoms with E-state index >= 15 is 0 Å². The fourth-order valence-corrected chi connectivity index (χ4v) is 5.78. The van der Waals surface area contributed by atoms with Gasteiger partial charge in [-0.2, -0.15) is 4.98 Å². The van der Waals surface area contributed by atoms with Crippen molar-refractivity contribution >= 4 is 28.4 Å². The predicted octanol–water partition coefficient (Wildman–Crippen LogP) is 3.04. The molecule has 0 amide bonds. The molecule has 3 aliphatic rings. The van der Waals surface area contributed by atoms with Gasteiger partial charge >= 0.3 is 5.69 Å². The molecule has 3 aromatic rings. The van der Waals surface area contributed by atoms with Crippen LogP contribution in [-0.2, 0) is 0 Å². The lowest BCUT2D eigenvalue weighted by Gasteiger charge is -2.34. The molecule has 1 aromatic carbocycles. The van der Waals surface area contributed by atoms with Crippen LogP contribution in [0.15, 0.2) is 41.5 Å². The molecule has 32 heavy (non-hydrogen) atoms. The summed E-state index contributed by atoms with van der Waals surface area (Å²) in [6.45, 7) is 4.27. The van der Waals surface area contributed by atoms with Crippen molar-refractivity contribution < 1.29 is 0 Å². The minimum absolute atomic E-state index is 0.198. The summed E-state index contributed by atoms with van der Waals surface area (Å²) in [5.74, 6) is 1.82. The molecular formula is C24H29N7O. The zero-order chi connectivity index (χ0) is 21.7. The maximum Gasteiger partial charge on any atom is 0.349 e. The summed E-state index contributed by atoms with van der Waals surface area (Å²) in [6.07, 6.45) is 8.14. The minimum Gasteiger partial charge on any atom is -0.369 e. The molecule has 2 aliphatic carbocycles. The van der Waals surface area contributed by atoms with Crippen LogP contribution in [0.3, 0.4) is 0 Å². The summed E-state index contributed by atoms with van der Waals surface area (Å²) in [5, 5.41) is 4.13. The Morgan fingerprint density at radius 2 is 1.75 bits per heavy atom. The molecule has 1 aliphatic heterocycles. The molecule has 3 fully saturated rings.